The Labute approximate surface area is 151 Å². The van der Waals surface area contributed by atoms with Crippen LogP contribution in [0.3, 0.4) is 0 Å². The van der Waals surface area contributed by atoms with E-state index in [1.807, 2.05) is 16.5 Å². The molecule has 2 aromatic rings. The van der Waals surface area contributed by atoms with Crippen LogP contribution in [0, 0.1) is 17.6 Å². The third-order valence-corrected chi connectivity index (χ3v) is 5.72. The van der Waals surface area contributed by atoms with E-state index in [2.05, 4.69) is 5.10 Å². The van der Waals surface area contributed by atoms with Gasteiger partial charge in [0.2, 0.25) is 5.91 Å². The fourth-order valence-corrected chi connectivity index (χ4v) is 4.25. The summed E-state index contributed by atoms with van der Waals surface area (Å²) in [6, 6.07) is 3.62. The number of aromatic nitrogens is 2. The second kappa shape index (κ2) is 6.82. The summed E-state index contributed by atoms with van der Waals surface area (Å²) in [5, 5.41) is 4.36. The lowest BCUT2D eigenvalue weighted by molar-refractivity contribution is -0.136. The standard InChI is InChI=1S/C20H23F2N3O/c1-13-11-25-19(12-24(13)20(26)8-14-4-2-3-5-14)17(10-23-25)16-7-6-15(21)9-18(16)22/h6-7,9-10,13-14H,2-5,8,11-12H2,1H3. The summed E-state index contributed by atoms with van der Waals surface area (Å²) in [5.41, 5.74) is 1.77. The van der Waals surface area contributed by atoms with E-state index in [0.29, 0.717) is 36.6 Å². The van der Waals surface area contributed by atoms with Crippen LogP contribution in [0.4, 0.5) is 8.78 Å². The summed E-state index contributed by atoms with van der Waals surface area (Å²) < 4.78 is 29.3. The Balaban J connectivity index is 1.60. The maximum Gasteiger partial charge on any atom is 0.223 e. The molecule has 0 bridgehead atoms. The SMILES string of the molecule is CC1Cn2ncc(-c3ccc(F)cc3F)c2CN1C(=O)CC1CCCC1. The van der Waals surface area contributed by atoms with E-state index in [1.165, 1.54) is 25.0 Å². The zero-order valence-electron chi connectivity index (χ0n) is 14.9. The van der Waals surface area contributed by atoms with Gasteiger partial charge in [0.05, 0.1) is 25.0 Å². The Bertz CT molecular complexity index is 826. The first kappa shape index (κ1) is 17.2. The lowest BCUT2D eigenvalue weighted by Gasteiger charge is -2.35. The molecule has 1 atom stereocenters. The van der Waals surface area contributed by atoms with Crippen molar-refractivity contribution in [3.05, 3.63) is 41.7 Å². The van der Waals surface area contributed by atoms with Gasteiger partial charge in [-0.3, -0.25) is 9.48 Å². The molecule has 0 saturated heterocycles. The van der Waals surface area contributed by atoms with Gasteiger partial charge >= 0.3 is 0 Å². The van der Waals surface area contributed by atoms with E-state index in [-0.39, 0.29) is 11.9 Å². The molecule has 1 amide bonds. The summed E-state index contributed by atoms with van der Waals surface area (Å²) >= 11 is 0. The van der Waals surface area contributed by atoms with Gasteiger partial charge in [0.15, 0.2) is 0 Å². The molecule has 6 heteroatoms. The molecule has 1 aliphatic heterocycles. The molecule has 26 heavy (non-hydrogen) atoms. The molecular weight excluding hydrogens is 336 g/mol. The van der Waals surface area contributed by atoms with Crippen LogP contribution in [0.25, 0.3) is 11.1 Å². The summed E-state index contributed by atoms with van der Waals surface area (Å²) in [5.74, 6) is -0.546. The van der Waals surface area contributed by atoms with Crippen molar-refractivity contribution in [2.75, 3.05) is 0 Å². The van der Waals surface area contributed by atoms with Crippen LogP contribution in [-0.4, -0.2) is 26.6 Å². The molecule has 2 heterocycles. The topological polar surface area (TPSA) is 38.1 Å². The highest BCUT2D eigenvalue weighted by Crippen LogP contribution is 2.33. The average Bonchev–Trinajstić information content (AvgIpc) is 3.23. The van der Waals surface area contributed by atoms with Crippen molar-refractivity contribution in [2.45, 2.75) is 58.2 Å². The van der Waals surface area contributed by atoms with Gasteiger partial charge < -0.3 is 4.90 Å². The Hall–Kier alpha value is -2.24. The minimum Gasteiger partial charge on any atom is -0.332 e. The van der Waals surface area contributed by atoms with Gasteiger partial charge in [0, 0.05) is 29.7 Å². The first-order valence-corrected chi connectivity index (χ1v) is 9.32. The molecule has 0 spiro atoms. The number of halogens is 2. The van der Waals surface area contributed by atoms with Crippen LogP contribution in [0.1, 0.15) is 44.7 Å². The van der Waals surface area contributed by atoms with Gasteiger partial charge in [-0.15, -0.1) is 0 Å². The molecule has 2 aliphatic rings. The minimum atomic E-state index is -0.608. The molecule has 4 rings (SSSR count). The number of fused-ring (bicyclic) bond motifs is 1. The van der Waals surface area contributed by atoms with E-state index in [1.54, 1.807) is 6.20 Å². The summed E-state index contributed by atoms with van der Waals surface area (Å²) in [7, 11) is 0. The largest absolute Gasteiger partial charge is 0.332 e. The van der Waals surface area contributed by atoms with Gasteiger partial charge in [0.25, 0.3) is 0 Å². The molecule has 1 fully saturated rings. The molecule has 0 radical (unpaired) electrons. The van der Waals surface area contributed by atoms with Crippen molar-refractivity contribution in [1.29, 1.82) is 0 Å². The van der Waals surface area contributed by atoms with E-state index in [4.69, 9.17) is 0 Å². The smallest absolute Gasteiger partial charge is 0.223 e. The van der Waals surface area contributed by atoms with Crippen molar-refractivity contribution in [3.63, 3.8) is 0 Å². The normalized spacial score (nSPS) is 20.4. The maximum atomic E-state index is 14.2. The van der Waals surface area contributed by atoms with E-state index < -0.39 is 11.6 Å². The van der Waals surface area contributed by atoms with Gasteiger partial charge in [-0.05, 0) is 37.8 Å². The predicted octanol–water partition coefficient (Wildman–Crippen LogP) is 4.14. The summed E-state index contributed by atoms with van der Waals surface area (Å²) in [4.78, 5) is 14.7. The van der Waals surface area contributed by atoms with Crippen molar-refractivity contribution in [2.24, 2.45) is 5.92 Å². The molecule has 4 nitrogen and oxygen atoms in total. The highest BCUT2D eigenvalue weighted by atomic mass is 19.1. The predicted molar refractivity (Wildman–Crippen MR) is 94.2 cm³/mol. The Morgan fingerprint density at radius 1 is 1.23 bits per heavy atom. The monoisotopic (exact) mass is 359 g/mol. The molecule has 1 saturated carbocycles. The molecule has 0 N–H and O–H groups in total. The van der Waals surface area contributed by atoms with Crippen LogP contribution in [0.2, 0.25) is 0 Å². The number of carbonyl (C=O) groups excluding carboxylic acids is 1. The number of carbonyl (C=O) groups is 1. The van der Waals surface area contributed by atoms with Gasteiger partial charge in [0.1, 0.15) is 11.6 Å². The quantitative estimate of drug-likeness (QED) is 0.826. The van der Waals surface area contributed by atoms with E-state index in [0.717, 1.165) is 24.6 Å². The Morgan fingerprint density at radius 3 is 2.73 bits per heavy atom. The first-order valence-electron chi connectivity index (χ1n) is 9.32. The number of nitrogens with zero attached hydrogens (tertiary/aromatic N) is 3. The average molecular weight is 359 g/mol. The third-order valence-electron chi connectivity index (χ3n) is 5.72. The van der Waals surface area contributed by atoms with Crippen molar-refractivity contribution in [3.8, 4) is 11.1 Å². The molecule has 1 aromatic heterocycles. The second-order valence-corrected chi connectivity index (χ2v) is 7.54. The molecule has 1 aliphatic carbocycles. The highest BCUT2D eigenvalue weighted by Gasteiger charge is 2.31. The van der Waals surface area contributed by atoms with E-state index in [9.17, 15) is 13.6 Å². The van der Waals surface area contributed by atoms with Crippen LogP contribution in [0.5, 0.6) is 0 Å². The van der Waals surface area contributed by atoms with Crippen LogP contribution in [-0.2, 0) is 17.9 Å². The number of hydrogen-bond acceptors (Lipinski definition) is 2. The van der Waals surface area contributed by atoms with Crippen molar-refractivity contribution < 1.29 is 13.6 Å². The summed E-state index contributed by atoms with van der Waals surface area (Å²) in [6.45, 7) is 3.03. The molecule has 1 aromatic carbocycles. The number of rotatable bonds is 3. The zero-order valence-corrected chi connectivity index (χ0v) is 14.9. The van der Waals surface area contributed by atoms with Crippen molar-refractivity contribution >= 4 is 5.91 Å². The molecule has 138 valence electrons. The minimum absolute atomic E-state index is 0.0576. The molecule has 1 unspecified atom stereocenters. The number of amides is 1. The number of benzene rings is 1. The first-order chi connectivity index (χ1) is 12.5. The maximum absolute atomic E-state index is 14.2. The Kier molecular flexibility index (Phi) is 4.51. The fraction of sp³-hybridized carbons (Fsp3) is 0.500. The summed E-state index contributed by atoms with van der Waals surface area (Å²) in [6.07, 6.45) is 6.92. The molecular formula is C20H23F2N3O. The van der Waals surface area contributed by atoms with Crippen molar-refractivity contribution in [1.82, 2.24) is 14.7 Å². The second-order valence-electron chi connectivity index (χ2n) is 7.54. The van der Waals surface area contributed by atoms with E-state index >= 15 is 0 Å². The van der Waals surface area contributed by atoms with Crippen LogP contribution < -0.4 is 0 Å². The third kappa shape index (κ3) is 3.13. The highest BCUT2D eigenvalue weighted by molar-refractivity contribution is 5.77. The van der Waals surface area contributed by atoms with Gasteiger partial charge in [-0.1, -0.05) is 12.8 Å². The van der Waals surface area contributed by atoms with Crippen LogP contribution >= 0.6 is 0 Å². The van der Waals surface area contributed by atoms with Gasteiger partial charge in [-0.25, -0.2) is 8.78 Å². The lowest BCUT2D eigenvalue weighted by Crippen LogP contribution is -2.45. The fourth-order valence-electron chi connectivity index (χ4n) is 4.25. The van der Waals surface area contributed by atoms with Crippen LogP contribution in [0.15, 0.2) is 24.4 Å². The number of hydrogen-bond donors (Lipinski definition) is 0. The Morgan fingerprint density at radius 2 is 2.00 bits per heavy atom. The zero-order chi connectivity index (χ0) is 18.3. The lowest BCUT2D eigenvalue weighted by atomic mass is 10.0. The van der Waals surface area contributed by atoms with Gasteiger partial charge in [-0.2, -0.15) is 5.10 Å².